The average molecular weight is 307 g/mol. The van der Waals surface area contributed by atoms with Gasteiger partial charge in [-0.15, -0.1) is 0 Å². The number of ether oxygens (including phenoxy) is 1. The second kappa shape index (κ2) is 7.31. The standard InChI is InChI=1S/C19H17NO3/c21-19(20-12-13-22-16-7-2-1-3-8-16)11-10-17-14-15-6-4-5-9-18(15)23-17/h1-11,14H,12-13H2,(H,20,21)/b11-10+. The number of carbonyl (C=O) groups excluding carboxylic acids is 1. The summed E-state index contributed by atoms with van der Waals surface area (Å²) in [6.45, 7) is 0.867. The van der Waals surface area contributed by atoms with Crippen LogP contribution in [0.1, 0.15) is 5.76 Å². The number of nitrogens with one attached hydrogen (secondary N) is 1. The Morgan fingerprint density at radius 1 is 1.09 bits per heavy atom. The van der Waals surface area contributed by atoms with E-state index in [-0.39, 0.29) is 5.91 Å². The van der Waals surface area contributed by atoms with Crippen LogP contribution in [0.2, 0.25) is 0 Å². The van der Waals surface area contributed by atoms with Crippen molar-refractivity contribution >= 4 is 23.0 Å². The maximum absolute atomic E-state index is 11.7. The summed E-state index contributed by atoms with van der Waals surface area (Å²) >= 11 is 0. The predicted octanol–water partition coefficient (Wildman–Crippen LogP) is 3.64. The van der Waals surface area contributed by atoms with Gasteiger partial charge in [-0.05, 0) is 30.3 Å². The highest BCUT2D eigenvalue weighted by Gasteiger charge is 2.01. The zero-order chi connectivity index (χ0) is 15.9. The third-order valence-electron chi connectivity index (χ3n) is 3.26. The first-order valence-corrected chi connectivity index (χ1v) is 7.43. The van der Waals surface area contributed by atoms with Crippen molar-refractivity contribution in [3.63, 3.8) is 0 Å². The lowest BCUT2D eigenvalue weighted by atomic mass is 10.2. The minimum absolute atomic E-state index is 0.179. The average Bonchev–Trinajstić information content (AvgIpc) is 3.01. The third-order valence-corrected chi connectivity index (χ3v) is 3.26. The van der Waals surface area contributed by atoms with Crippen molar-refractivity contribution in [1.82, 2.24) is 5.32 Å². The first-order valence-electron chi connectivity index (χ1n) is 7.43. The number of hydrogen-bond donors (Lipinski definition) is 1. The van der Waals surface area contributed by atoms with Gasteiger partial charge in [-0.3, -0.25) is 4.79 Å². The highest BCUT2D eigenvalue weighted by Crippen LogP contribution is 2.19. The number of hydrogen-bond acceptors (Lipinski definition) is 3. The van der Waals surface area contributed by atoms with Gasteiger partial charge < -0.3 is 14.5 Å². The number of para-hydroxylation sites is 2. The van der Waals surface area contributed by atoms with Gasteiger partial charge in [0.05, 0.1) is 6.54 Å². The van der Waals surface area contributed by atoms with E-state index in [1.165, 1.54) is 6.08 Å². The minimum atomic E-state index is -0.179. The molecule has 0 radical (unpaired) electrons. The molecule has 3 rings (SSSR count). The summed E-state index contributed by atoms with van der Waals surface area (Å²) in [5, 5.41) is 3.78. The lowest BCUT2D eigenvalue weighted by Gasteiger charge is -2.05. The topological polar surface area (TPSA) is 51.5 Å². The van der Waals surface area contributed by atoms with Crippen LogP contribution in [0.4, 0.5) is 0 Å². The van der Waals surface area contributed by atoms with E-state index in [0.717, 1.165) is 16.7 Å². The van der Waals surface area contributed by atoms with Crippen LogP contribution in [-0.2, 0) is 4.79 Å². The van der Waals surface area contributed by atoms with Crippen LogP contribution < -0.4 is 10.1 Å². The SMILES string of the molecule is O=C(/C=C/c1cc2ccccc2o1)NCCOc1ccccc1. The van der Waals surface area contributed by atoms with E-state index >= 15 is 0 Å². The number of rotatable bonds is 6. The number of fused-ring (bicyclic) bond motifs is 1. The molecular weight excluding hydrogens is 290 g/mol. The quantitative estimate of drug-likeness (QED) is 0.559. The molecule has 0 bridgehead atoms. The van der Waals surface area contributed by atoms with Crippen LogP contribution in [0.3, 0.4) is 0 Å². The van der Waals surface area contributed by atoms with Gasteiger partial charge in [-0.25, -0.2) is 0 Å². The maximum Gasteiger partial charge on any atom is 0.244 e. The zero-order valence-electron chi connectivity index (χ0n) is 12.6. The minimum Gasteiger partial charge on any atom is -0.492 e. The summed E-state index contributed by atoms with van der Waals surface area (Å²) in [5.41, 5.74) is 0.809. The molecule has 0 unspecified atom stereocenters. The summed E-state index contributed by atoms with van der Waals surface area (Å²) in [6.07, 6.45) is 3.12. The zero-order valence-corrected chi connectivity index (χ0v) is 12.6. The highest BCUT2D eigenvalue weighted by molar-refractivity contribution is 5.92. The van der Waals surface area contributed by atoms with E-state index < -0.39 is 0 Å². The molecule has 0 aliphatic heterocycles. The molecule has 1 amide bonds. The lowest BCUT2D eigenvalue weighted by molar-refractivity contribution is -0.116. The van der Waals surface area contributed by atoms with E-state index in [1.807, 2.05) is 60.7 Å². The fourth-order valence-electron chi connectivity index (χ4n) is 2.16. The molecule has 2 aromatic carbocycles. The largest absolute Gasteiger partial charge is 0.492 e. The summed E-state index contributed by atoms with van der Waals surface area (Å²) in [4.78, 5) is 11.7. The van der Waals surface area contributed by atoms with Gasteiger partial charge in [0, 0.05) is 11.5 Å². The Morgan fingerprint density at radius 3 is 2.70 bits per heavy atom. The van der Waals surface area contributed by atoms with Gasteiger partial charge >= 0.3 is 0 Å². The van der Waals surface area contributed by atoms with Crippen molar-refractivity contribution in [2.24, 2.45) is 0 Å². The summed E-state index contributed by atoms with van der Waals surface area (Å²) < 4.78 is 11.1. The smallest absolute Gasteiger partial charge is 0.244 e. The van der Waals surface area contributed by atoms with Gasteiger partial charge in [0.15, 0.2) is 0 Å². The molecule has 4 heteroatoms. The van der Waals surface area contributed by atoms with Crippen LogP contribution >= 0.6 is 0 Å². The van der Waals surface area contributed by atoms with Gasteiger partial charge in [0.2, 0.25) is 5.91 Å². The first kappa shape index (κ1) is 14.9. The molecule has 0 aliphatic carbocycles. The molecule has 116 valence electrons. The first-order chi connectivity index (χ1) is 11.3. The Hall–Kier alpha value is -3.01. The number of furan rings is 1. The number of carbonyl (C=O) groups is 1. The monoisotopic (exact) mass is 307 g/mol. The van der Waals surface area contributed by atoms with Crippen LogP contribution in [0, 0.1) is 0 Å². The van der Waals surface area contributed by atoms with Crippen molar-refractivity contribution in [2.75, 3.05) is 13.2 Å². The molecule has 3 aromatic rings. The van der Waals surface area contributed by atoms with Crippen molar-refractivity contribution in [3.05, 3.63) is 72.5 Å². The second-order valence-corrected chi connectivity index (χ2v) is 4.97. The normalized spacial score (nSPS) is 11.0. The molecule has 0 atom stereocenters. The molecule has 0 saturated heterocycles. The van der Waals surface area contributed by atoms with Gasteiger partial charge in [0.25, 0.3) is 0 Å². The van der Waals surface area contributed by atoms with Gasteiger partial charge in [0.1, 0.15) is 23.7 Å². The Labute approximate surface area is 134 Å². The molecule has 23 heavy (non-hydrogen) atoms. The van der Waals surface area contributed by atoms with Crippen molar-refractivity contribution in [1.29, 1.82) is 0 Å². The maximum atomic E-state index is 11.7. The highest BCUT2D eigenvalue weighted by atomic mass is 16.5. The molecule has 0 fully saturated rings. The van der Waals surface area contributed by atoms with Crippen molar-refractivity contribution in [3.8, 4) is 5.75 Å². The van der Waals surface area contributed by atoms with E-state index in [4.69, 9.17) is 9.15 Å². The third kappa shape index (κ3) is 4.23. The fourth-order valence-corrected chi connectivity index (χ4v) is 2.16. The number of amides is 1. The predicted molar refractivity (Wildman–Crippen MR) is 90.2 cm³/mol. The van der Waals surface area contributed by atoms with E-state index in [1.54, 1.807) is 6.08 Å². The van der Waals surface area contributed by atoms with Crippen molar-refractivity contribution < 1.29 is 13.9 Å². The Morgan fingerprint density at radius 2 is 1.87 bits per heavy atom. The van der Waals surface area contributed by atoms with Crippen molar-refractivity contribution in [2.45, 2.75) is 0 Å². The molecule has 1 aromatic heterocycles. The van der Waals surface area contributed by atoms with Crippen LogP contribution in [-0.4, -0.2) is 19.1 Å². The summed E-state index contributed by atoms with van der Waals surface area (Å²) in [5.74, 6) is 1.27. The van der Waals surface area contributed by atoms with E-state index in [0.29, 0.717) is 18.9 Å². The van der Waals surface area contributed by atoms with Gasteiger partial charge in [-0.1, -0.05) is 36.4 Å². The molecule has 4 nitrogen and oxygen atoms in total. The Kier molecular flexibility index (Phi) is 4.74. The molecule has 1 heterocycles. The molecule has 0 aliphatic rings. The Bertz CT molecular complexity index is 773. The molecular formula is C19H17NO3. The number of benzene rings is 2. The summed E-state index contributed by atoms with van der Waals surface area (Å²) in [7, 11) is 0. The van der Waals surface area contributed by atoms with E-state index in [9.17, 15) is 4.79 Å². The van der Waals surface area contributed by atoms with Crippen LogP contribution in [0.15, 0.2) is 71.2 Å². The van der Waals surface area contributed by atoms with Crippen LogP contribution in [0.5, 0.6) is 5.75 Å². The van der Waals surface area contributed by atoms with E-state index in [2.05, 4.69) is 5.32 Å². The Balaban J connectivity index is 1.45. The second-order valence-electron chi connectivity index (χ2n) is 4.97. The van der Waals surface area contributed by atoms with Gasteiger partial charge in [-0.2, -0.15) is 0 Å². The fraction of sp³-hybridized carbons (Fsp3) is 0.105. The lowest BCUT2D eigenvalue weighted by Crippen LogP contribution is -2.26. The van der Waals surface area contributed by atoms with Crippen LogP contribution in [0.25, 0.3) is 17.0 Å². The molecule has 0 spiro atoms. The molecule has 1 N–H and O–H groups in total. The molecule has 0 saturated carbocycles. The summed E-state index contributed by atoms with van der Waals surface area (Å²) in [6, 6.07) is 19.1.